The Morgan fingerprint density at radius 2 is 1.95 bits per heavy atom. The van der Waals surface area contributed by atoms with Crippen LogP contribution < -0.4 is 10.5 Å². The van der Waals surface area contributed by atoms with E-state index >= 15 is 0 Å². The molecule has 1 aromatic carbocycles. The van der Waals surface area contributed by atoms with Crippen molar-refractivity contribution < 1.29 is 8.42 Å². The van der Waals surface area contributed by atoms with Crippen molar-refractivity contribution in [3.05, 3.63) is 28.2 Å². The minimum atomic E-state index is -3.51. The first-order valence-corrected chi connectivity index (χ1v) is 9.16. The first-order valence-electron chi connectivity index (χ1n) is 6.89. The normalized spacial score (nSPS) is 18.9. The van der Waals surface area contributed by atoms with E-state index in [1.54, 1.807) is 18.2 Å². The van der Waals surface area contributed by atoms with Gasteiger partial charge in [0, 0.05) is 16.6 Å². The summed E-state index contributed by atoms with van der Waals surface area (Å²) in [7, 11) is -3.51. The summed E-state index contributed by atoms with van der Waals surface area (Å²) in [5, 5.41) is 0. The molecule has 3 N–H and O–H groups in total. The molecule has 1 fully saturated rings. The van der Waals surface area contributed by atoms with Crippen molar-refractivity contribution in [3.63, 3.8) is 0 Å². The minimum absolute atomic E-state index is 0.279. The van der Waals surface area contributed by atoms with Crippen LogP contribution in [0, 0.1) is 0 Å². The van der Waals surface area contributed by atoms with E-state index in [0.717, 1.165) is 31.2 Å². The highest BCUT2D eigenvalue weighted by atomic mass is 79.9. The van der Waals surface area contributed by atoms with E-state index in [0.29, 0.717) is 11.0 Å². The average molecular weight is 361 g/mol. The van der Waals surface area contributed by atoms with Crippen LogP contribution in [0.3, 0.4) is 0 Å². The highest BCUT2D eigenvalue weighted by Gasteiger charge is 2.32. The summed E-state index contributed by atoms with van der Waals surface area (Å²) in [4.78, 5) is 0.279. The van der Waals surface area contributed by atoms with Gasteiger partial charge in [0.1, 0.15) is 0 Å². The van der Waals surface area contributed by atoms with Crippen LogP contribution >= 0.6 is 15.9 Å². The first kappa shape index (κ1) is 15.9. The lowest BCUT2D eigenvalue weighted by Crippen LogP contribution is -2.47. The van der Waals surface area contributed by atoms with E-state index < -0.39 is 10.0 Å². The van der Waals surface area contributed by atoms with E-state index in [-0.39, 0.29) is 10.4 Å². The molecular weight excluding hydrogens is 340 g/mol. The highest BCUT2D eigenvalue weighted by Crippen LogP contribution is 2.31. The smallest absolute Gasteiger partial charge is 0.242 e. The summed E-state index contributed by atoms with van der Waals surface area (Å²) < 4.78 is 28.5. The zero-order valence-electron chi connectivity index (χ0n) is 11.7. The Morgan fingerprint density at radius 1 is 1.30 bits per heavy atom. The zero-order chi connectivity index (χ0) is 14.8. The predicted molar refractivity (Wildman–Crippen MR) is 83.8 cm³/mol. The van der Waals surface area contributed by atoms with Crippen molar-refractivity contribution in [1.82, 2.24) is 4.72 Å². The molecule has 1 aliphatic carbocycles. The van der Waals surface area contributed by atoms with Gasteiger partial charge in [-0.05, 0) is 53.4 Å². The number of benzene rings is 1. The number of nitrogens with two attached hydrogens (primary N) is 1. The highest BCUT2D eigenvalue weighted by molar-refractivity contribution is 9.10. The fourth-order valence-electron chi connectivity index (χ4n) is 2.70. The molecular formula is C14H21BrN2O2S. The van der Waals surface area contributed by atoms with Gasteiger partial charge in [-0.15, -0.1) is 0 Å². The van der Waals surface area contributed by atoms with E-state index in [9.17, 15) is 8.42 Å². The molecule has 1 saturated carbocycles. The first-order chi connectivity index (χ1) is 9.36. The molecule has 0 bridgehead atoms. The molecule has 2 rings (SSSR count). The van der Waals surface area contributed by atoms with Gasteiger partial charge in [-0.1, -0.05) is 25.3 Å². The second-order valence-corrected chi connectivity index (χ2v) is 8.20. The van der Waals surface area contributed by atoms with Gasteiger partial charge in [0.2, 0.25) is 10.0 Å². The van der Waals surface area contributed by atoms with E-state index in [1.807, 2.05) is 6.92 Å². The number of nitrogens with one attached hydrogen (secondary N) is 1. The summed E-state index contributed by atoms with van der Waals surface area (Å²) in [5.74, 6) is 0. The van der Waals surface area contributed by atoms with Gasteiger partial charge in [0.05, 0.1) is 4.90 Å². The molecule has 4 nitrogen and oxygen atoms in total. The molecule has 0 spiro atoms. The molecule has 0 radical (unpaired) electrons. The molecule has 0 saturated heterocycles. The summed E-state index contributed by atoms with van der Waals surface area (Å²) in [6.07, 6.45) is 5.13. The van der Waals surface area contributed by atoms with Crippen molar-refractivity contribution >= 4 is 26.0 Å². The maximum Gasteiger partial charge on any atom is 0.242 e. The molecule has 0 aliphatic heterocycles. The largest absolute Gasteiger partial charge is 0.326 e. The quantitative estimate of drug-likeness (QED) is 0.866. The molecule has 112 valence electrons. The Kier molecular flexibility index (Phi) is 4.89. The fourth-order valence-corrected chi connectivity index (χ4v) is 5.29. The van der Waals surface area contributed by atoms with Gasteiger partial charge >= 0.3 is 0 Å². The Bertz CT molecular complexity index is 581. The van der Waals surface area contributed by atoms with Gasteiger partial charge in [0.25, 0.3) is 0 Å². The van der Waals surface area contributed by atoms with Crippen LogP contribution in [-0.4, -0.2) is 14.0 Å². The molecule has 0 amide bonds. The molecule has 0 unspecified atom stereocenters. The minimum Gasteiger partial charge on any atom is -0.326 e. The van der Waals surface area contributed by atoms with Crippen LogP contribution in [0.5, 0.6) is 0 Å². The van der Waals surface area contributed by atoms with Gasteiger partial charge in [-0.25, -0.2) is 13.1 Å². The maximum atomic E-state index is 12.6. The Labute approximate surface area is 129 Å². The van der Waals surface area contributed by atoms with Crippen LogP contribution in [0.2, 0.25) is 0 Å². The van der Waals surface area contributed by atoms with Gasteiger partial charge < -0.3 is 5.73 Å². The summed E-state index contributed by atoms with van der Waals surface area (Å²) in [5.41, 5.74) is 6.13. The average Bonchev–Trinajstić information content (AvgIpc) is 2.37. The molecule has 0 aromatic heterocycles. The molecule has 0 atom stereocenters. The molecule has 6 heteroatoms. The molecule has 1 aliphatic rings. The van der Waals surface area contributed by atoms with Crippen LogP contribution in [0.4, 0.5) is 0 Å². The lowest BCUT2D eigenvalue weighted by atomic mass is 9.84. The van der Waals surface area contributed by atoms with Gasteiger partial charge in [0.15, 0.2) is 0 Å². The molecule has 1 aromatic rings. The van der Waals surface area contributed by atoms with Gasteiger partial charge in [-0.2, -0.15) is 0 Å². The van der Waals surface area contributed by atoms with Crippen molar-refractivity contribution in [2.75, 3.05) is 0 Å². The third kappa shape index (κ3) is 3.61. The molecule has 0 heterocycles. The third-order valence-electron chi connectivity index (χ3n) is 3.86. The fraction of sp³-hybridized carbons (Fsp3) is 0.571. The number of halogens is 1. The summed E-state index contributed by atoms with van der Waals surface area (Å²) in [6.45, 7) is 2.38. The summed E-state index contributed by atoms with van der Waals surface area (Å²) >= 11 is 3.33. The zero-order valence-corrected chi connectivity index (χ0v) is 14.1. The Morgan fingerprint density at radius 3 is 2.50 bits per heavy atom. The van der Waals surface area contributed by atoms with Crippen LogP contribution in [0.15, 0.2) is 27.6 Å². The Hall–Kier alpha value is -0.430. The second-order valence-electron chi connectivity index (χ2n) is 5.70. The lowest BCUT2D eigenvalue weighted by molar-refractivity contribution is 0.294. The number of sulfonamides is 1. The monoisotopic (exact) mass is 360 g/mol. The second kappa shape index (κ2) is 6.13. The SMILES string of the molecule is CC1(NS(=O)(=O)c2ccc(CN)cc2Br)CCCCC1. The van der Waals surface area contributed by atoms with Crippen molar-refractivity contribution in [3.8, 4) is 0 Å². The van der Waals surface area contributed by atoms with E-state index in [1.165, 1.54) is 6.42 Å². The number of hydrogen-bond donors (Lipinski definition) is 2. The maximum absolute atomic E-state index is 12.6. The van der Waals surface area contributed by atoms with Crippen molar-refractivity contribution in [1.29, 1.82) is 0 Å². The Balaban J connectivity index is 2.26. The van der Waals surface area contributed by atoms with E-state index in [4.69, 9.17) is 5.73 Å². The lowest BCUT2D eigenvalue weighted by Gasteiger charge is -2.34. The van der Waals surface area contributed by atoms with Crippen LogP contribution in [-0.2, 0) is 16.6 Å². The van der Waals surface area contributed by atoms with Crippen LogP contribution in [0.25, 0.3) is 0 Å². The topological polar surface area (TPSA) is 72.2 Å². The number of hydrogen-bond acceptors (Lipinski definition) is 3. The van der Waals surface area contributed by atoms with E-state index in [2.05, 4.69) is 20.7 Å². The van der Waals surface area contributed by atoms with Crippen molar-refractivity contribution in [2.45, 2.75) is 56.0 Å². The third-order valence-corrected chi connectivity index (χ3v) is 6.47. The molecule has 20 heavy (non-hydrogen) atoms. The van der Waals surface area contributed by atoms with Crippen molar-refractivity contribution in [2.24, 2.45) is 5.73 Å². The standard InChI is InChI=1S/C14H21BrN2O2S/c1-14(7-3-2-4-8-14)17-20(18,19)13-6-5-11(10-16)9-12(13)15/h5-6,9,17H,2-4,7-8,10,16H2,1H3. The van der Waals surface area contributed by atoms with Crippen LogP contribution in [0.1, 0.15) is 44.6 Å². The number of rotatable bonds is 4. The predicted octanol–water partition coefficient (Wildman–Crippen LogP) is 2.91. The summed E-state index contributed by atoms with van der Waals surface area (Å²) in [6, 6.07) is 5.13. The van der Waals surface area contributed by atoms with Gasteiger partial charge in [-0.3, -0.25) is 0 Å².